The number of carbonyl (C=O) groups is 1. The van der Waals surface area contributed by atoms with Gasteiger partial charge in [-0.15, -0.1) is 0 Å². The van der Waals surface area contributed by atoms with E-state index in [0.717, 1.165) is 0 Å². The maximum atomic E-state index is 10.8. The molecule has 1 N–H and O–H groups in total. The predicted molar refractivity (Wildman–Crippen MR) is 34.0 cm³/mol. The summed E-state index contributed by atoms with van der Waals surface area (Å²) in [5, 5.41) is 8.97. The van der Waals surface area contributed by atoms with Crippen molar-refractivity contribution < 1.29 is 9.90 Å². The molecule has 0 aromatic rings. The van der Waals surface area contributed by atoms with Gasteiger partial charge in [-0.05, 0) is 25.0 Å². The number of aliphatic hydroxyl groups excluding tert-OH is 1. The van der Waals surface area contributed by atoms with Crippen molar-refractivity contribution in [2.24, 2.45) is 0 Å². The normalized spacial score (nSPS) is 28.0. The Morgan fingerprint density at radius 3 is 2.89 bits per heavy atom. The molecule has 0 amide bonds. The van der Waals surface area contributed by atoms with Crippen molar-refractivity contribution in [3.05, 3.63) is 11.6 Å². The van der Waals surface area contributed by atoms with E-state index >= 15 is 0 Å². The lowest BCUT2D eigenvalue weighted by Crippen LogP contribution is -2.15. The number of ketones is 1. The molecule has 0 aliphatic heterocycles. The summed E-state index contributed by atoms with van der Waals surface area (Å²) in [6.07, 6.45) is 2.33. The highest BCUT2D eigenvalue weighted by atomic mass is 16.3. The minimum Gasteiger partial charge on any atom is -0.389 e. The number of carbonyl (C=O) groups excluding carboxylic acids is 1. The molecular formula is C7H10O2. The van der Waals surface area contributed by atoms with E-state index in [1.807, 2.05) is 0 Å². The molecule has 2 nitrogen and oxygen atoms in total. The first-order chi connectivity index (χ1) is 4.20. The lowest BCUT2D eigenvalue weighted by molar-refractivity contribution is -0.116. The summed E-state index contributed by atoms with van der Waals surface area (Å²) in [5.41, 5.74) is 0.703. The second-order valence-corrected chi connectivity index (χ2v) is 2.38. The van der Waals surface area contributed by atoms with E-state index in [9.17, 15) is 4.79 Å². The van der Waals surface area contributed by atoms with Gasteiger partial charge in [0.15, 0.2) is 5.78 Å². The monoisotopic (exact) mass is 126 g/mol. The molecule has 0 fully saturated rings. The van der Waals surface area contributed by atoms with Crippen LogP contribution in [0.1, 0.15) is 19.8 Å². The molecule has 1 atom stereocenters. The van der Waals surface area contributed by atoms with Crippen molar-refractivity contribution in [1.29, 1.82) is 0 Å². The molecule has 0 saturated carbocycles. The van der Waals surface area contributed by atoms with Crippen LogP contribution in [0.4, 0.5) is 0 Å². The molecule has 0 bridgehead atoms. The van der Waals surface area contributed by atoms with Crippen LogP contribution in [-0.2, 0) is 4.79 Å². The lowest BCUT2D eigenvalue weighted by atomic mass is 9.98. The fraction of sp³-hybridized carbons (Fsp3) is 0.571. The van der Waals surface area contributed by atoms with Crippen molar-refractivity contribution in [1.82, 2.24) is 0 Å². The van der Waals surface area contributed by atoms with Crippen LogP contribution >= 0.6 is 0 Å². The first kappa shape index (κ1) is 6.49. The average Bonchev–Trinajstić information content (AvgIpc) is 1.80. The Balaban J connectivity index is 2.72. The van der Waals surface area contributed by atoms with Gasteiger partial charge in [-0.25, -0.2) is 0 Å². The number of hydrogen-bond donors (Lipinski definition) is 1. The standard InChI is InChI=1S/C7H10O2/c1-5-4-6(8)2-3-7(5)9/h4,6,8H,2-3H2,1H3/t6-/m0/s1. The predicted octanol–water partition coefficient (Wildman–Crippen LogP) is 0.657. The van der Waals surface area contributed by atoms with E-state index in [1.165, 1.54) is 0 Å². The highest BCUT2D eigenvalue weighted by Gasteiger charge is 2.14. The van der Waals surface area contributed by atoms with E-state index in [0.29, 0.717) is 18.4 Å². The topological polar surface area (TPSA) is 37.3 Å². The van der Waals surface area contributed by atoms with Crippen LogP contribution in [0.15, 0.2) is 11.6 Å². The van der Waals surface area contributed by atoms with Crippen molar-refractivity contribution >= 4 is 5.78 Å². The Kier molecular flexibility index (Phi) is 1.67. The van der Waals surface area contributed by atoms with Crippen molar-refractivity contribution in [3.8, 4) is 0 Å². The summed E-state index contributed by atoms with van der Waals surface area (Å²) in [6.45, 7) is 1.74. The fourth-order valence-electron chi connectivity index (χ4n) is 0.941. The minimum atomic E-state index is -0.386. The third-order valence-electron chi connectivity index (χ3n) is 1.55. The summed E-state index contributed by atoms with van der Waals surface area (Å²) in [4.78, 5) is 10.8. The molecule has 0 saturated heterocycles. The van der Waals surface area contributed by atoms with Crippen molar-refractivity contribution in [3.63, 3.8) is 0 Å². The average molecular weight is 126 g/mol. The first-order valence-corrected chi connectivity index (χ1v) is 3.10. The van der Waals surface area contributed by atoms with Crippen LogP contribution in [-0.4, -0.2) is 17.0 Å². The van der Waals surface area contributed by atoms with Gasteiger partial charge in [-0.2, -0.15) is 0 Å². The lowest BCUT2D eigenvalue weighted by Gasteiger charge is -2.11. The Morgan fingerprint density at radius 1 is 1.78 bits per heavy atom. The minimum absolute atomic E-state index is 0.167. The van der Waals surface area contributed by atoms with E-state index < -0.39 is 0 Å². The molecule has 0 aromatic heterocycles. The van der Waals surface area contributed by atoms with Crippen LogP contribution in [0.5, 0.6) is 0 Å². The molecule has 9 heavy (non-hydrogen) atoms. The largest absolute Gasteiger partial charge is 0.389 e. The molecule has 0 unspecified atom stereocenters. The van der Waals surface area contributed by atoms with E-state index in [1.54, 1.807) is 13.0 Å². The van der Waals surface area contributed by atoms with Gasteiger partial charge in [0.1, 0.15) is 0 Å². The quantitative estimate of drug-likeness (QED) is 0.517. The number of allylic oxidation sites excluding steroid dienone is 1. The molecular weight excluding hydrogens is 116 g/mol. The maximum Gasteiger partial charge on any atom is 0.158 e. The summed E-state index contributed by atoms with van der Waals surface area (Å²) < 4.78 is 0. The SMILES string of the molecule is CC1=C[C@@H](O)CCC1=O. The molecule has 0 radical (unpaired) electrons. The smallest absolute Gasteiger partial charge is 0.158 e. The number of Topliss-reactive ketones (excluding diaryl/α,β-unsaturated/α-hetero) is 1. The number of rotatable bonds is 0. The van der Waals surface area contributed by atoms with E-state index in [2.05, 4.69) is 0 Å². The molecule has 0 heterocycles. The van der Waals surface area contributed by atoms with Gasteiger partial charge in [0.2, 0.25) is 0 Å². The van der Waals surface area contributed by atoms with Crippen LogP contribution in [0.3, 0.4) is 0 Å². The Morgan fingerprint density at radius 2 is 2.44 bits per heavy atom. The zero-order chi connectivity index (χ0) is 6.85. The van der Waals surface area contributed by atoms with Crippen LogP contribution in [0.2, 0.25) is 0 Å². The van der Waals surface area contributed by atoms with Gasteiger partial charge in [0, 0.05) is 6.42 Å². The molecule has 1 rings (SSSR count). The first-order valence-electron chi connectivity index (χ1n) is 3.10. The third-order valence-corrected chi connectivity index (χ3v) is 1.55. The fourth-order valence-corrected chi connectivity index (χ4v) is 0.941. The van der Waals surface area contributed by atoms with Gasteiger partial charge >= 0.3 is 0 Å². The molecule has 0 spiro atoms. The number of hydrogen-bond acceptors (Lipinski definition) is 2. The maximum absolute atomic E-state index is 10.8. The van der Waals surface area contributed by atoms with E-state index in [-0.39, 0.29) is 11.9 Å². The van der Waals surface area contributed by atoms with Crippen LogP contribution < -0.4 is 0 Å². The molecule has 0 aromatic carbocycles. The second kappa shape index (κ2) is 2.31. The summed E-state index contributed by atoms with van der Waals surface area (Å²) in [7, 11) is 0. The summed E-state index contributed by atoms with van der Waals surface area (Å²) in [6, 6.07) is 0. The zero-order valence-electron chi connectivity index (χ0n) is 5.42. The Hall–Kier alpha value is -0.630. The third kappa shape index (κ3) is 1.39. The molecule has 1 aliphatic rings. The van der Waals surface area contributed by atoms with Gasteiger partial charge in [0.25, 0.3) is 0 Å². The van der Waals surface area contributed by atoms with Gasteiger partial charge in [-0.1, -0.05) is 0 Å². The van der Waals surface area contributed by atoms with Gasteiger partial charge < -0.3 is 5.11 Å². The zero-order valence-corrected chi connectivity index (χ0v) is 5.42. The number of aliphatic hydroxyl groups is 1. The van der Waals surface area contributed by atoms with Gasteiger partial charge in [-0.3, -0.25) is 4.79 Å². The second-order valence-electron chi connectivity index (χ2n) is 2.38. The molecule has 2 heteroatoms. The van der Waals surface area contributed by atoms with Crippen molar-refractivity contribution in [2.45, 2.75) is 25.9 Å². The highest BCUT2D eigenvalue weighted by molar-refractivity contribution is 5.95. The Labute approximate surface area is 54.2 Å². The molecule has 50 valence electrons. The highest BCUT2D eigenvalue weighted by Crippen LogP contribution is 2.13. The van der Waals surface area contributed by atoms with Crippen molar-refractivity contribution in [2.75, 3.05) is 0 Å². The summed E-state index contributed by atoms with van der Waals surface area (Å²) >= 11 is 0. The Bertz CT molecular complexity index is 158. The van der Waals surface area contributed by atoms with Gasteiger partial charge in [0.05, 0.1) is 6.10 Å². The summed E-state index contributed by atoms with van der Waals surface area (Å²) in [5.74, 6) is 0.167. The van der Waals surface area contributed by atoms with E-state index in [4.69, 9.17) is 5.11 Å². The van der Waals surface area contributed by atoms with Crippen LogP contribution in [0, 0.1) is 0 Å². The molecule has 1 aliphatic carbocycles. The van der Waals surface area contributed by atoms with Crippen LogP contribution in [0.25, 0.3) is 0 Å².